The molecule has 0 fully saturated rings. The second kappa shape index (κ2) is 3.98. The molecule has 0 atom stereocenters. The van der Waals surface area contributed by atoms with Gasteiger partial charge in [0, 0.05) is 7.05 Å². The molecule has 0 aromatic carbocycles. The zero-order valence-corrected chi connectivity index (χ0v) is 8.39. The Labute approximate surface area is 79.0 Å². The predicted octanol–water partition coefficient (Wildman–Crippen LogP) is 0.819. The zero-order chi connectivity index (χ0) is 9.84. The van der Waals surface area contributed by atoms with Gasteiger partial charge in [0.15, 0.2) is 5.82 Å². The molecule has 0 radical (unpaired) electrons. The maximum absolute atomic E-state index is 4.17. The third kappa shape index (κ3) is 1.66. The number of hydrogen-bond acceptors (Lipinski definition) is 4. The Hall–Kier alpha value is -1.45. The van der Waals surface area contributed by atoms with Crippen molar-refractivity contribution in [3.63, 3.8) is 0 Å². The van der Waals surface area contributed by atoms with E-state index in [9.17, 15) is 0 Å². The van der Waals surface area contributed by atoms with E-state index < -0.39 is 0 Å². The fourth-order valence-corrected chi connectivity index (χ4v) is 1.19. The van der Waals surface area contributed by atoms with Gasteiger partial charge in [-0.2, -0.15) is 0 Å². The van der Waals surface area contributed by atoms with Gasteiger partial charge in [-0.25, -0.2) is 4.99 Å². The molecule has 0 bridgehead atoms. The minimum Gasteiger partial charge on any atom is -0.363 e. The molecule has 2 heterocycles. The molecule has 13 heavy (non-hydrogen) atoms. The molecule has 0 aromatic heterocycles. The van der Waals surface area contributed by atoms with Crippen molar-refractivity contribution in [1.82, 2.24) is 15.5 Å². The number of rotatable bonds is 0. The maximum atomic E-state index is 4.17. The van der Waals surface area contributed by atoms with Gasteiger partial charge in [0.05, 0.1) is 18.7 Å². The van der Waals surface area contributed by atoms with Crippen LogP contribution in [0.5, 0.6) is 0 Å². The average Bonchev–Trinajstić information content (AvgIpc) is 2.53. The molecule has 2 aliphatic heterocycles. The van der Waals surface area contributed by atoms with Gasteiger partial charge in [0.25, 0.3) is 0 Å². The zero-order valence-electron chi connectivity index (χ0n) is 8.39. The summed E-state index contributed by atoms with van der Waals surface area (Å²) in [6.45, 7) is 8.65. The molecule has 0 saturated carbocycles. The monoisotopic (exact) mass is 180 g/mol. The third-order valence-electron chi connectivity index (χ3n) is 1.81. The molecule has 2 rings (SSSR count). The van der Waals surface area contributed by atoms with Crippen molar-refractivity contribution in [2.45, 2.75) is 13.8 Å². The van der Waals surface area contributed by atoms with E-state index in [1.807, 2.05) is 25.8 Å². The van der Waals surface area contributed by atoms with Crippen LogP contribution in [-0.2, 0) is 0 Å². The van der Waals surface area contributed by atoms with Gasteiger partial charge >= 0.3 is 0 Å². The van der Waals surface area contributed by atoms with Crippen molar-refractivity contribution in [2.24, 2.45) is 4.99 Å². The average molecular weight is 180 g/mol. The van der Waals surface area contributed by atoms with Gasteiger partial charge < -0.3 is 15.5 Å². The van der Waals surface area contributed by atoms with E-state index in [4.69, 9.17) is 0 Å². The molecular weight excluding hydrogens is 164 g/mol. The molecule has 0 saturated heterocycles. The van der Waals surface area contributed by atoms with Crippen molar-refractivity contribution >= 4 is 6.34 Å². The summed E-state index contributed by atoms with van der Waals surface area (Å²) in [7, 11) is 1.99. The second-order valence-electron chi connectivity index (χ2n) is 2.61. The minimum atomic E-state index is 0.808. The lowest BCUT2D eigenvalue weighted by Crippen LogP contribution is -2.21. The molecule has 4 nitrogen and oxygen atoms in total. The van der Waals surface area contributed by atoms with Crippen LogP contribution in [-0.4, -0.2) is 25.0 Å². The van der Waals surface area contributed by atoms with Crippen LogP contribution in [0.2, 0.25) is 0 Å². The van der Waals surface area contributed by atoms with Gasteiger partial charge in [-0.05, 0) is 0 Å². The van der Waals surface area contributed by atoms with Gasteiger partial charge in [0.2, 0.25) is 0 Å². The minimum absolute atomic E-state index is 0.808. The molecule has 4 heteroatoms. The van der Waals surface area contributed by atoms with Crippen LogP contribution >= 0.6 is 0 Å². The predicted molar refractivity (Wildman–Crippen MR) is 54.9 cm³/mol. The van der Waals surface area contributed by atoms with Crippen LogP contribution in [0.4, 0.5) is 0 Å². The molecule has 72 valence electrons. The topological polar surface area (TPSA) is 39.7 Å². The Morgan fingerprint density at radius 1 is 1.54 bits per heavy atom. The quantitative estimate of drug-likeness (QED) is 0.580. The summed E-state index contributed by atoms with van der Waals surface area (Å²) in [6, 6.07) is 0. The fourth-order valence-electron chi connectivity index (χ4n) is 1.19. The van der Waals surface area contributed by atoms with E-state index >= 15 is 0 Å². The first-order valence-electron chi connectivity index (χ1n) is 4.46. The van der Waals surface area contributed by atoms with Crippen LogP contribution < -0.4 is 10.6 Å². The first kappa shape index (κ1) is 9.64. The van der Waals surface area contributed by atoms with E-state index in [0.29, 0.717) is 0 Å². The molecule has 0 amide bonds. The number of nitrogens with one attached hydrogen (secondary N) is 2. The highest BCUT2D eigenvalue weighted by Crippen LogP contribution is 2.19. The standard InChI is InChI=1S/C7H10N4.C2H6/c1-5-6-7(9-3-8-5)11(2)4-10-6;1-2/h3,10H,1,4H2,2H3,(H,8,9);1-2H3. The third-order valence-corrected chi connectivity index (χ3v) is 1.81. The molecule has 0 unspecified atom stereocenters. The SMILES string of the molecule is C=C1NC=NC2=C1NCN2C.CC. The van der Waals surface area contributed by atoms with Crippen molar-refractivity contribution in [3.8, 4) is 0 Å². The summed E-state index contributed by atoms with van der Waals surface area (Å²) >= 11 is 0. The highest BCUT2D eigenvalue weighted by atomic mass is 15.3. The van der Waals surface area contributed by atoms with Gasteiger partial charge in [0.1, 0.15) is 5.70 Å². The molecule has 2 N–H and O–H groups in total. The lowest BCUT2D eigenvalue weighted by atomic mass is 10.3. The molecule has 0 spiro atoms. The van der Waals surface area contributed by atoms with Crippen LogP contribution in [0.1, 0.15) is 13.8 Å². The lowest BCUT2D eigenvalue weighted by Gasteiger charge is -2.13. The maximum Gasteiger partial charge on any atom is 0.157 e. The van der Waals surface area contributed by atoms with Crippen LogP contribution in [0, 0.1) is 0 Å². The Balaban J connectivity index is 0.000000396. The highest BCUT2D eigenvalue weighted by Gasteiger charge is 2.21. The van der Waals surface area contributed by atoms with E-state index in [1.54, 1.807) is 6.34 Å². The molecule has 2 aliphatic rings. The summed E-state index contributed by atoms with van der Waals surface area (Å²) in [6.07, 6.45) is 1.66. The van der Waals surface area contributed by atoms with E-state index in [1.165, 1.54) is 0 Å². The number of aliphatic imine (C=N–C) groups is 1. The first-order valence-corrected chi connectivity index (χ1v) is 4.46. The van der Waals surface area contributed by atoms with Gasteiger partial charge in [-0.3, -0.25) is 0 Å². The first-order chi connectivity index (χ1) is 6.29. The largest absolute Gasteiger partial charge is 0.363 e. The summed E-state index contributed by atoms with van der Waals surface area (Å²) in [5.41, 5.74) is 1.90. The van der Waals surface area contributed by atoms with Gasteiger partial charge in [-0.15, -0.1) is 0 Å². The Bertz CT molecular complexity index is 265. The normalized spacial score (nSPS) is 18.7. The van der Waals surface area contributed by atoms with Crippen LogP contribution in [0.25, 0.3) is 0 Å². The Kier molecular flexibility index (Phi) is 2.95. The van der Waals surface area contributed by atoms with Crippen molar-refractivity contribution in [3.05, 3.63) is 23.8 Å². The van der Waals surface area contributed by atoms with Crippen molar-refractivity contribution in [1.29, 1.82) is 0 Å². The molecular formula is C9H16N4. The summed E-state index contributed by atoms with van der Waals surface area (Å²) in [5.74, 6) is 0.966. The number of nitrogens with zero attached hydrogens (tertiary/aromatic N) is 2. The van der Waals surface area contributed by atoms with Crippen molar-refractivity contribution < 1.29 is 0 Å². The smallest absolute Gasteiger partial charge is 0.157 e. The summed E-state index contributed by atoms with van der Waals surface area (Å²) < 4.78 is 0. The molecule has 0 aliphatic carbocycles. The molecule has 0 aromatic rings. The summed E-state index contributed by atoms with van der Waals surface area (Å²) in [5, 5.41) is 6.13. The van der Waals surface area contributed by atoms with E-state index in [0.717, 1.165) is 23.9 Å². The number of hydrogen-bond donors (Lipinski definition) is 2. The van der Waals surface area contributed by atoms with E-state index in [-0.39, 0.29) is 0 Å². The summed E-state index contributed by atoms with van der Waals surface area (Å²) in [4.78, 5) is 6.21. The lowest BCUT2D eigenvalue weighted by molar-refractivity contribution is 0.438. The van der Waals surface area contributed by atoms with E-state index in [2.05, 4.69) is 22.2 Å². The van der Waals surface area contributed by atoms with Crippen molar-refractivity contribution in [2.75, 3.05) is 13.7 Å². The second-order valence-corrected chi connectivity index (χ2v) is 2.61. The highest BCUT2D eigenvalue weighted by molar-refractivity contribution is 5.64. The van der Waals surface area contributed by atoms with Crippen LogP contribution in [0.3, 0.4) is 0 Å². The Morgan fingerprint density at radius 2 is 2.23 bits per heavy atom. The van der Waals surface area contributed by atoms with Crippen LogP contribution in [0.15, 0.2) is 28.8 Å². The van der Waals surface area contributed by atoms with Gasteiger partial charge in [-0.1, -0.05) is 20.4 Å². The Morgan fingerprint density at radius 3 is 2.85 bits per heavy atom. The fraction of sp³-hybridized carbons (Fsp3) is 0.444.